The van der Waals surface area contributed by atoms with Crippen LogP contribution in [0.2, 0.25) is 0 Å². The molecular formula is C13H23O. The lowest BCUT2D eigenvalue weighted by molar-refractivity contribution is 0.495. The molecule has 14 heavy (non-hydrogen) atoms. The summed E-state index contributed by atoms with van der Waals surface area (Å²) in [7, 11) is 0. The fourth-order valence-corrected chi connectivity index (χ4v) is 1.72. The summed E-state index contributed by atoms with van der Waals surface area (Å²) in [5.74, 6) is 0.596. The molecule has 1 atom stereocenters. The van der Waals surface area contributed by atoms with Crippen molar-refractivity contribution in [3.05, 3.63) is 12.2 Å². The van der Waals surface area contributed by atoms with Gasteiger partial charge < -0.3 is 0 Å². The minimum atomic E-state index is 0.596. The Morgan fingerprint density at radius 1 is 1.07 bits per heavy atom. The zero-order chi connectivity index (χ0) is 10.6. The molecule has 0 aliphatic carbocycles. The molecule has 0 N–H and O–H groups in total. The van der Waals surface area contributed by atoms with Crippen LogP contribution in [0.15, 0.2) is 12.2 Å². The highest BCUT2D eigenvalue weighted by Gasteiger charge is 2.02. The molecule has 0 aromatic rings. The van der Waals surface area contributed by atoms with Gasteiger partial charge in [0.1, 0.15) is 0 Å². The Labute approximate surface area is 88.6 Å². The van der Waals surface area contributed by atoms with Crippen LogP contribution in [0.4, 0.5) is 0 Å². The van der Waals surface area contributed by atoms with Crippen molar-refractivity contribution < 1.29 is 4.79 Å². The first-order valence-corrected chi connectivity index (χ1v) is 5.89. The van der Waals surface area contributed by atoms with Gasteiger partial charge in [0.15, 0.2) is 0 Å². The van der Waals surface area contributed by atoms with E-state index in [9.17, 15) is 4.79 Å². The number of carbonyl (C=O) groups excluding carboxylic acids is 1. The fraction of sp³-hybridized carbons (Fsp3) is 0.769. The molecule has 0 saturated carbocycles. The van der Waals surface area contributed by atoms with Crippen molar-refractivity contribution in [2.24, 2.45) is 5.92 Å². The average Bonchev–Trinajstić information content (AvgIpc) is 2.20. The molecule has 0 aromatic heterocycles. The largest absolute Gasteiger partial charge is 0.286 e. The maximum atomic E-state index is 10.1. The number of allylic oxidation sites excluding steroid dienone is 2. The van der Waals surface area contributed by atoms with Crippen LogP contribution in [-0.4, -0.2) is 6.29 Å². The van der Waals surface area contributed by atoms with E-state index in [-0.39, 0.29) is 0 Å². The van der Waals surface area contributed by atoms with Crippen LogP contribution < -0.4 is 0 Å². The Morgan fingerprint density at radius 3 is 2.43 bits per heavy atom. The second-order valence-corrected chi connectivity index (χ2v) is 3.88. The predicted octanol–water partition coefficient (Wildman–Crippen LogP) is 4.04. The standard InChI is InChI=1S/C13H23O/c1-3-5-6-7-10-13(9-4-2)11-8-12-14/h8,11,13H,3-7,9-10H2,1-2H3/b11-8+. The summed E-state index contributed by atoms with van der Waals surface area (Å²) in [6.45, 7) is 4.42. The highest BCUT2D eigenvalue weighted by Crippen LogP contribution is 2.17. The van der Waals surface area contributed by atoms with Crippen LogP contribution in [0.1, 0.15) is 58.8 Å². The van der Waals surface area contributed by atoms with E-state index in [1.165, 1.54) is 51.0 Å². The number of hydrogen-bond acceptors (Lipinski definition) is 1. The second-order valence-electron chi connectivity index (χ2n) is 3.88. The van der Waals surface area contributed by atoms with E-state index < -0.39 is 0 Å². The van der Waals surface area contributed by atoms with E-state index in [1.807, 2.05) is 12.4 Å². The molecule has 0 rings (SSSR count). The first kappa shape index (κ1) is 13.4. The molecule has 1 radical (unpaired) electrons. The first-order chi connectivity index (χ1) is 6.85. The third kappa shape index (κ3) is 8.03. The summed E-state index contributed by atoms with van der Waals surface area (Å²) in [4.78, 5) is 10.1. The molecule has 0 bridgehead atoms. The van der Waals surface area contributed by atoms with Crippen molar-refractivity contribution in [1.82, 2.24) is 0 Å². The van der Waals surface area contributed by atoms with Gasteiger partial charge in [0.25, 0.3) is 0 Å². The molecule has 0 saturated heterocycles. The molecule has 0 fully saturated rings. The quantitative estimate of drug-likeness (QED) is 0.401. The fourth-order valence-electron chi connectivity index (χ4n) is 1.72. The SMILES string of the molecule is CCCCCCC(/C=C/[C]=O)CCC. The zero-order valence-corrected chi connectivity index (χ0v) is 9.59. The van der Waals surface area contributed by atoms with Crippen LogP contribution in [0, 0.1) is 5.92 Å². The molecule has 0 aliphatic heterocycles. The van der Waals surface area contributed by atoms with Crippen molar-refractivity contribution in [1.29, 1.82) is 0 Å². The Hall–Kier alpha value is -0.590. The van der Waals surface area contributed by atoms with Gasteiger partial charge in [-0.15, -0.1) is 0 Å². The second kappa shape index (κ2) is 10.5. The van der Waals surface area contributed by atoms with Gasteiger partial charge >= 0.3 is 0 Å². The van der Waals surface area contributed by atoms with Crippen LogP contribution in [-0.2, 0) is 4.79 Å². The van der Waals surface area contributed by atoms with E-state index in [0.29, 0.717) is 5.92 Å². The normalized spacial score (nSPS) is 13.3. The van der Waals surface area contributed by atoms with E-state index in [1.54, 1.807) is 0 Å². The van der Waals surface area contributed by atoms with Gasteiger partial charge in [0, 0.05) is 0 Å². The van der Waals surface area contributed by atoms with Gasteiger partial charge in [0.05, 0.1) is 0 Å². The highest BCUT2D eigenvalue weighted by molar-refractivity contribution is 5.65. The van der Waals surface area contributed by atoms with E-state index in [4.69, 9.17) is 0 Å². The molecule has 0 aliphatic rings. The number of hydrogen-bond donors (Lipinski definition) is 0. The van der Waals surface area contributed by atoms with Crippen molar-refractivity contribution in [2.45, 2.75) is 58.8 Å². The summed E-state index contributed by atoms with van der Waals surface area (Å²) in [5.41, 5.74) is 0. The number of rotatable bonds is 9. The van der Waals surface area contributed by atoms with Crippen molar-refractivity contribution >= 4 is 6.29 Å². The van der Waals surface area contributed by atoms with Gasteiger partial charge in [-0.25, -0.2) is 0 Å². The van der Waals surface area contributed by atoms with Gasteiger partial charge in [-0.05, 0) is 24.8 Å². The van der Waals surface area contributed by atoms with Crippen LogP contribution in [0.3, 0.4) is 0 Å². The smallest absolute Gasteiger partial charge is 0.225 e. The molecule has 1 heteroatoms. The van der Waals surface area contributed by atoms with E-state index >= 15 is 0 Å². The summed E-state index contributed by atoms with van der Waals surface area (Å²) in [6, 6.07) is 0. The summed E-state index contributed by atoms with van der Waals surface area (Å²) >= 11 is 0. The van der Waals surface area contributed by atoms with Crippen LogP contribution in [0.5, 0.6) is 0 Å². The summed E-state index contributed by atoms with van der Waals surface area (Å²) in [6.07, 6.45) is 14.2. The maximum absolute atomic E-state index is 10.1. The van der Waals surface area contributed by atoms with Crippen LogP contribution in [0.25, 0.3) is 0 Å². The Morgan fingerprint density at radius 2 is 1.86 bits per heavy atom. The predicted molar refractivity (Wildman–Crippen MR) is 62.0 cm³/mol. The highest BCUT2D eigenvalue weighted by atomic mass is 16.1. The van der Waals surface area contributed by atoms with Crippen molar-refractivity contribution in [2.75, 3.05) is 0 Å². The zero-order valence-electron chi connectivity index (χ0n) is 9.59. The lowest BCUT2D eigenvalue weighted by Gasteiger charge is -2.10. The summed E-state index contributed by atoms with van der Waals surface area (Å²) < 4.78 is 0. The number of unbranched alkanes of at least 4 members (excludes halogenated alkanes) is 3. The third-order valence-electron chi connectivity index (χ3n) is 2.52. The monoisotopic (exact) mass is 195 g/mol. The molecule has 0 heterocycles. The average molecular weight is 195 g/mol. The molecule has 1 unspecified atom stereocenters. The lowest BCUT2D eigenvalue weighted by atomic mass is 9.96. The molecule has 0 amide bonds. The minimum Gasteiger partial charge on any atom is -0.286 e. The van der Waals surface area contributed by atoms with Gasteiger partial charge in [-0.1, -0.05) is 52.0 Å². The lowest BCUT2D eigenvalue weighted by Crippen LogP contribution is -1.96. The Bertz CT molecular complexity index is 149. The summed E-state index contributed by atoms with van der Waals surface area (Å²) in [5, 5.41) is 0. The molecule has 0 aromatic carbocycles. The van der Waals surface area contributed by atoms with Crippen LogP contribution >= 0.6 is 0 Å². The maximum Gasteiger partial charge on any atom is 0.225 e. The van der Waals surface area contributed by atoms with E-state index in [0.717, 1.165) is 0 Å². The van der Waals surface area contributed by atoms with Gasteiger partial charge in [-0.2, -0.15) is 0 Å². The molecule has 1 nitrogen and oxygen atoms in total. The molecule has 0 spiro atoms. The van der Waals surface area contributed by atoms with E-state index in [2.05, 4.69) is 13.8 Å². The molecule has 81 valence electrons. The minimum absolute atomic E-state index is 0.596. The van der Waals surface area contributed by atoms with Gasteiger partial charge in [-0.3, -0.25) is 4.79 Å². The molecular weight excluding hydrogens is 172 g/mol. The van der Waals surface area contributed by atoms with Crippen molar-refractivity contribution in [3.8, 4) is 0 Å². The Kier molecular flexibility index (Phi) is 10.0. The first-order valence-electron chi connectivity index (χ1n) is 5.89. The topological polar surface area (TPSA) is 17.1 Å². The third-order valence-corrected chi connectivity index (χ3v) is 2.52. The van der Waals surface area contributed by atoms with Crippen molar-refractivity contribution in [3.63, 3.8) is 0 Å². The van der Waals surface area contributed by atoms with Gasteiger partial charge in [0.2, 0.25) is 6.29 Å². The Balaban J connectivity index is 3.61.